The summed E-state index contributed by atoms with van der Waals surface area (Å²) in [7, 11) is 0. The fourth-order valence-corrected chi connectivity index (χ4v) is 3.33. The van der Waals surface area contributed by atoms with Crippen LogP contribution in [-0.2, 0) is 0 Å². The highest BCUT2D eigenvalue weighted by Crippen LogP contribution is 2.30. The second-order valence-corrected chi connectivity index (χ2v) is 6.02. The minimum Gasteiger partial charge on any atom is -0.371 e. The average Bonchev–Trinajstić information content (AvgIpc) is 2.47. The number of hydrogen-bond donors (Lipinski definition) is 0. The highest BCUT2D eigenvalue weighted by molar-refractivity contribution is 5.51. The summed E-state index contributed by atoms with van der Waals surface area (Å²) in [6.45, 7) is 6.71. The van der Waals surface area contributed by atoms with Gasteiger partial charge < -0.3 is 4.90 Å². The van der Waals surface area contributed by atoms with E-state index in [9.17, 15) is 0 Å². The van der Waals surface area contributed by atoms with Gasteiger partial charge in [0.25, 0.3) is 0 Å². The first-order valence-electron chi connectivity index (χ1n) is 7.60. The Hall–Kier alpha value is -1.76. The zero-order chi connectivity index (χ0) is 13.9. The molecule has 0 amide bonds. The van der Waals surface area contributed by atoms with Crippen LogP contribution in [0, 0.1) is 13.8 Å². The van der Waals surface area contributed by atoms with Crippen LogP contribution in [0.25, 0.3) is 0 Å². The van der Waals surface area contributed by atoms with Crippen LogP contribution < -0.4 is 4.90 Å². The number of nitrogens with zero attached hydrogens (tertiary/aromatic N) is 1. The second-order valence-electron chi connectivity index (χ2n) is 6.02. The topological polar surface area (TPSA) is 3.24 Å². The third-order valence-corrected chi connectivity index (χ3v) is 4.34. The van der Waals surface area contributed by atoms with Crippen LogP contribution >= 0.6 is 0 Å². The molecule has 0 radical (unpaired) electrons. The average molecular weight is 265 g/mol. The summed E-state index contributed by atoms with van der Waals surface area (Å²) in [6.07, 6.45) is 2.52. The standard InChI is InChI=1S/C19H23N/c1-15-12-16(2)14-19(13-15)20-10-8-18(9-11-20)17-6-4-3-5-7-17/h3-7,12-14,18H,8-11H2,1-2H3. The molecule has 0 atom stereocenters. The lowest BCUT2D eigenvalue weighted by Crippen LogP contribution is -2.32. The Kier molecular flexibility index (Phi) is 3.77. The molecule has 3 rings (SSSR count). The molecule has 2 aromatic carbocycles. The Balaban J connectivity index is 1.69. The van der Waals surface area contributed by atoms with E-state index < -0.39 is 0 Å². The van der Waals surface area contributed by atoms with E-state index in [1.165, 1.54) is 48.3 Å². The van der Waals surface area contributed by atoms with Crippen LogP contribution in [0.3, 0.4) is 0 Å². The van der Waals surface area contributed by atoms with Crippen LogP contribution in [0.15, 0.2) is 48.5 Å². The lowest BCUT2D eigenvalue weighted by molar-refractivity contribution is 0.505. The first-order chi connectivity index (χ1) is 9.72. The number of anilines is 1. The van der Waals surface area contributed by atoms with Crippen molar-refractivity contribution in [2.45, 2.75) is 32.6 Å². The quantitative estimate of drug-likeness (QED) is 0.761. The van der Waals surface area contributed by atoms with Gasteiger partial charge in [0, 0.05) is 18.8 Å². The molecule has 0 unspecified atom stereocenters. The van der Waals surface area contributed by atoms with Crippen molar-refractivity contribution >= 4 is 5.69 Å². The maximum Gasteiger partial charge on any atom is 0.0371 e. The monoisotopic (exact) mass is 265 g/mol. The van der Waals surface area contributed by atoms with Crippen LogP contribution in [0.1, 0.15) is 35.4 Å². The second kappa shape index (κ2) is 5.70. The third-order valence-electron chi connectivity index (χ3n) is 4.34. The first kappa shape index (κ1) is 13.2. The van der Waals surface area contributed by atoms with E-state index in [2.05, 4.69) is 67.3 Å². The van der Waals surface area contributed by atoms with E-state index in [1.54, 1.807) is 0 Å². The Morgan fingerprint density at radius 3 is 2.05 bits per heavy atom. The molecule has 1 heterocycles. The van der Waals surface area contributed by atoms with Gasteiger partial charge in [-0.1, -0.05) is 36.4 Å². The summed E-state index contributed by atoms with van der Waals surface area (Å²) >= 11 is 0. The van der Waals surface area contributed by atoms with Crippen LogP contribution in [0.4, 0.5) is 5.69 Å². The van der Waals surface area contributed by atoms with E-state index in [0.29, 0.717) is 0 Å². The van der Waals surface area contributed by atoms with Crippen molar-refractivity contribution in [1.82, 2.24) is 0 Å². The molecule has 2 aromatic rings. The lowest BCUT2D eigenvalue weighted by Gasteiger charge is -2.34. The largest absolute Gasteiger partial charge is 0.371 e. The van der Waals surface area contributed by atoms with Gasteiger partial charge in [-0.05, 0) is 61.4 Å². The minimum atomic E-state index is 0.735. The summed E-state index contributed by atoms with van der Waals surface area (Å²) in [4.78, 5) is 2.54. The van der Waals surface area contributed by atoms with Gasteiger partial charge in [0.1, 0.15) is 0 Å². The maximum atomic E-state index is 2.54. The SMILES string of the molecule is Cc1cc(C)cc(N2CCC(c3ccccc3)CC2)c1. The van der Waals surface area contributed by atoms with E-state index in [-0.39, 0.29) is 0 Å². The van der Waals surface area contributed by atoms with Gasteiger partial charge in [-0.25, -0.2) is 0 Å². The van der Waals surface area contributed by atoms with Crippen molar-refractivity contribution in [3.8, 4) is 0 Å². The molecule has 0 spiro atoms. The lowest BCUT2D eigenvalue weighted by atomic mass is 9.89. The normalized spacial score (nSPS) is 16.4. The summed E-state index contributed by atoms with van der Waals surface area (Å²) in [6, 6.07) is 17.9. The smallest absolute Gasteiger partial charge is 0.0371 e. The molecule has 0 saturated carbocycles. The summed E-state index contributed by atoms with van der Waals surface area (Å²) in [5.74, 6) is 0.735. The summed E-state index contributed by atoms with van der Waals surface area (Å²) in [5.41, 5.74) is 5.64. The molecule has 0 N–H and O–H groups in total. The zero-order valence-corrected chi connectivity index (χ0v) is 12.5. The van der Waals surface area contributed by atoms with Crippen molar-refractivity contribution in [1.29, 1.82) is 0 Å². The van der Waals surface area contributed by atoms with Crippen molar-refractivity contribution in [2.24, 2.45) is 0 Å². The summed E-state index contributed by atoms with van der Waals surface area (Å²) in [5, 5.41) is 0. The number of rotatable bonds is 2. The molecule has 20 heavy (non-hydrogen) atoms. The molecule has 0 bridgehead atoms. The van der Waals surface area contributed by atoms with Crippen molar-refractivity contribution in [3.05, 3.63) is 65.2 Å². The van der Waals surface area contributed by atoms with E-state index >= 15 is 0 Å². The van der Waals surface area contributed by atoms with E-state index in [0.717, 1.165) is 5.92 Å². The predicted molar refractivity (Wildman–Crippen MR) is 86.5 cm³/mol. The van der Waals surface area contributed by atoms with Crippen LogP contribution in [-0.4, -0.2) is 13.1 Å². The third kappa shape index (κ3) is 2.87. The molecule has 1 nitrogen and oxygen atoms in total. The molecule has 1 heteroatoms. The zero-order valence-electron chi connectivity index (χ0n) is 12.5. The molecule has 1 saturated heterocycles. The minimum absolute atomic E-state index is 0.735. The van der Waals surface area contributed by atoms with Crippen molar-refractivity contribution < 1.29 is 0 Å². The Labute approximate surface area is 122 Å². The van der Waals surface area contributed by atoms with Gasteiger partial charge in [-0.15, -0.1) is 0 Å². The predicted octanol–water partition coefficient (Wildman–Crippen LogP) is 4.69. The van der Waals surface area contributed by atoms with Crippen LogP contribution in [0.5, 0.6) is 0 Å². The number of aryl methyl sites for hydroxylation is 2. The number of piperidine rings is 1. The fourth-order valence-electron chi connectivity index (χ4n) is 3.33. The maximum absolute atomic E-state index is 2.54. The van der Waals surface area contributed by atoms with Crippen LogP contribution in [0.2, 0.25) is 0 Å². The molecule has 0 aromatic heterocycles. The number of benzene rings is 2. The van der Waals surface area contributed by atoms with E-state index in [4.69, 9.17) is 0 Å². The summed E-state index contributed by atoms with van der Waals surface area (Å²) < 4.78 is 0. The Morgan fingerprint density at radius 1 is 0.850 bits per heavy atom. The van der Waals surface area contributed by atoms with E-state index in [1.807, 2.05) is 0 Å². The molecule has 1 aliphatic heterocycles. The molecule has 1 aliphatic rings. The molecule has 0 aliphatic carbocycles. The van der Waals surface area contributed by atoms with Gasteiger partial charge in [-0.3, -0.25) is 0 Å². The molecular weight excluding hydrogens is 242 g/mol. The van der Waals surface area contributed by atoms with Crippen molar-refractivity contribution in [2.75, 3.05) is 18.0 Å². The fraction of sp³-hybridized carbons (Fsp3) is 0.368. The Morgan fingerprint density at radius 2 is 1.45 bits per heavy atom. The van der Waals surface area contributed by atoms with Gasteiger partial charge in [0.15, 0.2) is 0 Å². The van der Waals surface area contributed by atoms with Gasteiger partial charge in [-0.2, -0.15) is 0 Å². The first-order valence-corrected chi connectivity index (χ1v) is 7.60. The van der Waals surface area contributed by atoms with Gasteiger partial charge in [0.2, 0.25) is 0 Å². The van der Waals surface area contributed by atoms with Gasteiger partial charge in [0.05, 0.1) is 0 Å². The molecule has 104 valence electrons. The molecule has 1 fully saturated rings. The van der Waals surface area contributed by atoms with Gasteiger partial charge >= 0.3 is 0 Å². The Bertz CT molecular complexity index is 545. The molecular formula is C19H23N. The highest BCUT2D eigenvalue weighted by atomic mass is 15.1. The van der Waals surface area contributed by atoms with Crippen molar-refractivity contribution in [3.63, 3.8) is 0 Å². The highest BCUT2D eigenvalue weighted by Gasteiger charge is 2.20. The number of hydrogen-bond acceptors (Lipinski definition) is 1.